The van der Waals surface area contributed by atoms with Gasteiger partial charge in [-0.1, -0.05) is 11.3 Å². The van der Waals surface area contributed by atoms with Crippen molar-refractivity contribution in [2.24, 2.45) is 5.92 Å². The van der Waals surface area contributed by atoms with Gasteiger partial charge in [-0.05, 0) is 31.0 Å². The number of piperidine rings is 1. The number of benzene rings is 1. The van der Waals surface area contributed by atoms with Crippen LogP contribution in [0.1, 0.15) is 29.0 Å². The Morgan fingerprint density at radius 1 is 1.14 bits per heavy atom. The van der Waals surface area contributed by atoms with E-state index in [4.69, 9.17) is 9.47 Å². The molecule has 1 aromatic heterocycles. The second kappa shape index (κ2) is 7.71. The summed E-state index contributed by atoms with van der Waals surface area (Å²) in [6, 6.07) is 4.51. The Bertz CT molecular complexity index is 887. The number of alkyl halides is 3. The fraction of sp³-hybridized carbons (Fsp3) is 0.500. The summed E-state index contributed by atoms with van der Waals surface area (Å²) in [5.74, 6) is -1.49. The molecule has 2 aliphatic rings. The van der Waals surface area contributed by atoms with Gasteiger partial charge in [0.05, 0.1) is 18.9 Å². The number of ether oxygens (including phenoxy) is 2. The van der Waals surface area contributed by atoms with E-state index < -0.39 is 29.3 Å². The van der Waals surface area contributed by atoms with Crippen LogP contribution in [-0.2, 0) is 15.7 Å². The lowest BCUT2D eigenvalue weighted by atomic mass is 9.96. The quantitative estimate of drug-likeness (QED) is 0.723. The first-order chi connectivity index (χ1) is 13.8. The summed E-state index contributed by atoms with van der Waals surface area (Å²) in [5.41, 5.74) is -2.29. The molecule has 1 aromatic carbocycles. The van der Waals surface area contributed by atoms with Crippen LogP contribution in [0.2, 0.25) is 0 Å². The van der Waals surface area contributed by atoms with Gasteiger partial charge in [0.25, 0.3) is 5.91 Å². The summed E-state index contributed by atoms with van der Waals surface area (Å²) < 4.78 is 66.0. The smallest absolute Gasteiger partial charge is 0.350 e. The lowest BCUT2D eigenvalue weighted by Crippen LogP contribution is -2.42. The van der Waals surface area contributed by atoms with Crippen molar-refractivity contribution in [1.82, 2.24) is 19.9 Å². The lowest BCUT2D eigenvalue weighted by Gasteiger charge is -2.33. The molecule has 0 N–H and O–H groups in total. The van der Waals surface area contributed by atoms with Crippen LogP contribution in [0.25, 0.3) is 5.69 Å². The van der Waals surface area contributed by atoms with Crippen molar-refractivity contribution in [2.75, 3.05) is 26.3 Å². The number of rotatable bonds is 3. The van der Waals surface area contributed by atoms with E-state index >= 15 is 0 Å². The van der Waals surface area contributed by atoms with Crippen LogP contribution < -0.4 is 0 Å². The molecule has 0 bridgehead atoms. The van der Waals surface area contributed by atoms with Crippen molar-refractivity contribution in [3.05, 3.63) is 41.5 Å². The number of halogens is 4. The molecule has 11 heteroatoms. The Hall–Kier alpha value is -2.53. The van der Waals surface area contributed by atoms with Gasteiger partial charge in [-0.25, -0.2) is 9.07 Å². The monoisotopic (exact) mass is 414 g/mol. The summed E-state index contributed by atoms with van der Waals surface area (Å²) in [5, 5.41) is 6.97. The molecule has 0 atom stereocenters. The highest BCUT2D eigenvalue weighted by molar-refractivity contribution is 5.93. The molecule has 0 spiro atoms. The van der Waals surface area contributed by atoms with Gasteiger partial charge in [0.1, 0.15) is 5.82 Å². The predicted octanol–water partition coefficient (Wildman–Crippen LogP) is 2.65. The lowest BCUT2D eigenvalue weighted by molar-refractivity contribution is -0.143. The number of carbonyl (C=O) groups excluding carboxylic acids is 1. The summed E-state index contributed by atoms with van der Waals surface area (Å²) in [6.45, 7) is 1.55. The second-order valence-corrected chi connectivity index (χ2v) is 6.92. The zero-order valence-corrected chi connectivity index (χ0v) is 15.2. The number of hydrogen-bond donors (Lipinski definition) is 0. The van der Waals surface area contributed by atoms with E-state index in [-0.39, 0.29) is 31.0 Å². The van der Waals surface area contributed by atoms with Gasteiger partial charge < -0.3 is 14.4 Å². The second-order valence-electron chi connectivity index (χ2n) is 6.92. The van der Waals surface area contributed by atoms with Crippen molar-refractivity contribution in [3.63, 3.8) is 0 Å². The Balaban J connectivity index is 1.57. The van der Waals surface area contributed by atoms with Gasteiger partial charge in [-0.3, -0.25) is 4.79 Å². The van der Waals surface area contributed by atoms with Crippen molar-refractivity contribution < 1.29 is 31.8 Å². The van der Waals surface area contributed by atoms with Gasteiger partial charge in [0, 0.05) is 19.0 Å². The minimum atomic E-state index is -4.90. The molecule has 2 aromatic rings. The van der Waals surface area contributed by atoms with Crippen LogP contribution in [-0.4, -0.2) is 58.4 Å². The van der Waals surface area contributed by atoms with Crippen molar-refractivity contribution in [1.29, 1.82) is 0 Å². The van der Waals surface area contributed by atoms with Crippen LogP contribution in [0.3, 0.4) is 0 Å². The molecule has 1 amide bonds. The maximum atomic E-state index is 13.7. The summed E-state index contributed by atoms with van der Waals surface area (Å²) in [4.78, 5) is 14.1. The van der Waals surface area contributed by atoms with E-state index in [1.807, 2.05) is 0 Å². The largest absolute Gasteiger partial charge is 0.435 e. The van der Waals surface area contributed by atoms with Crippen LogP contribution in [0.15, 0.2) is 24.3 Å². The van der Waals surface area contributed by atoms with Crippen LogP contribution >= 0.6 is 0 Å². The van der Waals surface area contributed by atoms with Crippen LogP contribution in [0.5, 0.6) is 0 Å². The number of hydrogen-bond acceptors (Lipinski definition) is 5. The summed E-state index contributed by atoms with van der Waals surface area (Å²) in [7, 11) is 0. The number of aromatic nitrogens is 3. The Kier molecular flexibility index (Phi) is 5.26. The van der Waals surface area contributed by atoms with Gasteiger partial charge >= 0.3 is 6.18 Å². The Morgan fingerprint density at radius 3 is 2.45 bits per heavy atom. The van der Waals surface area contributed by atoms with E-state index in [0.29, 0.717) is 30.7 Å². The molecule has 29 heavy (non-hydrogen) atoms. The maximum Gasteiger partial charge on any atom is 0.435 e. The first-order valence-corrected chi connectivity index (χ1v) is 9.16. The summed E-state index contributed by atoms with van der Waals surface area (Å²) in [6.07, 6.45) is -4.12. The number of amides is 1. The van der Waals surface area contributed by atoms with E-state index in [2.05, 4.69) is 10.3 Å². The SMILES string of the molecule is O=C(c1nnn(-c2cccc(F)c2)c1C(F)(F)F)N1CCC(C2OCCO2)CC1. The third kappa shape index (κ3) is 3.97. The predicted molar refractivity (Wildman–Crippen MR) is 90.6 cm³/mol. The van der Waals surface area contributed by atoms with Crippen molar-refractivity contribution in [2.45, 2.75) is 25.3 Å². The molecule has 0 unspecified atom stereocenters. The molecular formula is C18H18F4N4O3. The Labute approximate surface area is 163 Å². The highest BCUT2D eigenvalue weighted by Gasteiger charge is 2.43. The fourth-order valence-electron chi connectivity index (χ4n) is 3.64. The highest BCUT2D eigenvalue weighted by atomic mass is 19.4. The first-order valence-electron chi connectivity index (χ1n) is 9.16. The molecule has 4 rings (SSSR count). The van der Waals surface area contributed by atoms with E-state index in [0.717, 1.165) is 12.1 Å². The van der Waals surface area contributed by atoms with Crippen molar-refractivity contribution >= 4 is 5.91 Å². The topological polar surface area (TPSA) is 69.5 Å². The molecule has 2 aliphatic heterocycles. The molecule has 7 nitrogen and oxygen atoms in total. The Morgan fingerprint density at radius 2 is 1.83 bits per heavy atom. The van der Waals surface area contributed by atoms with Gasteiger partial charge in [0.2, 0.25) is 0 Å². The van der Waals surface area contributed by atoms with E-state index in [1.165, 1.54) is 17.0 Å². The standard InChI is InChI=1S/C18H18F4N4O3/c19-12-2-1-3-13(10-12)26-15(18(20,21)22)14(23-24-26)16(27)25-6-4-11(5-7-25)17-28-8-9-29-17/h1-3,10-11,17H,4-9H2. The number of likely N-dealkylation sites (tertiary alicyclic amines) is 1. The minimum Gasteiger partial charge on any atom is -0.350 e. The maximum absolute atomic E-state index is 13.7. The minimum absolute atomic E-state index is 0.0895. The number of nitrogens with zero attached hydrogens (tertiary/aromatic N) is 4. The molecule has 0 saturated carbocycles. The van der Waals surface area contributed by atoms with Crippen LogP contribution in [0.4, 0.5) is 17.6 Å². The van der Waals surface area contributed by atoms with E-state index in [1.54, 1.807) is 0 Å². The average Bonchev–Trinajstić information content (AvgIpc) is 3.37. The third-order valence-corrected chi connectivity index (χ3v) is 5.05. The summed E-state index contributed by atoms with van der Waals surface area (Å²) >= 11 is 0. The normalized spacial score (nSPS) is 19.1. The third-order valence-electron chi connectivity index (χ3n) is 5.05. The molecular weight excluding hydrogens is 396 g/mol. The van der Waals surface area contributed by atoms with Gasteiger partial charge in [0.15, 0.2) is 17.7 Å². The molecule has 0 aliphatic carbocycles. The molecule has 156 valence electrons. The molecule has 3 heterocycles. The average molecular weight is 414 g/mol. The van der Waals surface area contributed by atoms with Crippen molar-refractivity contribution in [3.8, 4) is 5.69 Å². The molecule has 2 fully saturated rings. The van der Waals surface area contributed by atoms with Crippen LogP contribution in [0, 0.1) is 11.7 Å². The first kappa shape index (κ1) is 19.8. The number of carbonyl (C=O) groups is 1. The fourth-order valence-corrected chi connectivity index (χ4v) is 3.64. The zero-order chi connectivity index (χ0) is 20.6. The van der Waals surface area contributed by atoms with Gasteiger partial charge in [-0.15, -0.1) is 5.10 Å². The van der Waals surface area contributed by atoms with E-state index in [9.17, 15) is 22.4 Å². The van der Waals surface area contributed by atoms with Gasteiger partial charge in [-0.2, -0.15) is 13.2 Å². The highest BCUT2D eigenvalue weighted by Crippen LogP contribution is 2.34. The molecule has 2 saturated heterocycles. The molecule has 0 radical (unpaired) electrons. The zero-order valence-electron chi connectivity index (χ0n) is 15.2.